The molecule has 0 saturated heterocycles. The van der Waals surface area contributed by atoms with E-state index in [0.29, 0.717) is 12.5 Å². The molecule has 0 atom stereocenters. The van der Waals surface area contributed by atoms with Crippen LogP contribution in [0.3, 0.4) is 0 Å². The highest BCUT2D eigenvalue weighted by molar-refractivity contribution is 6.18. The van der Waals surface area contributed by atoms with Gasteiger partial charge < -0.3 is 4.74 Å². The first-order valence-electron chi connectivity index (χ1n) is 1.99. The molecule has 0 unspecified atom stereocenters. The largest absolute Gasteiger partial charge is 0.375 e. The van der Waals surface area contributed by atoms with Crippen LogP contribution in [0.5, 0.6) is 0 Å². The normalized spacial score (nSPS) is 10.6. The van der Waals surface area contributed by atoms with Gasteiger partial charge in [0.1, 0.15) is 0 Å². The maximum atomic E-state index is 5.27. The highest BCUT2D eigenvalue weighted by Gasteiger charge is 1.67. The fourth-order valence-corrected chi connectivity index (χ4v) is 0.325. The van der Waals surface area contributed by atoms with Crippen molar-refractivity contribution in [3.8, 4) is 0 Å². The van der Waals surface area contributed by atoms with Crippen LogP contribution in [-0.2, 0) is 4.74 Å². The maximum Gasteiger partial charge on any atom is 0.0704 e. The summed E-state index contributed by atoms with van der Waals surface area (Å²) in [7, 11) is 3.16. The van der Waals surface area contributed by atoms with Crippen molar-refractivity contribution in [2.45, 2.75) is 0 Å². The third-order valence-electron chi connectivity index (χ3n) is 0.470. The van der Waals surface area contributed by atoms with Crippen molar-refractivity contribution in [2.75, 3.05) is 12.5 Å². The van der Waals surface area contributed by atoms with Gasteiger partial charge in [-0.25, -0.2) is 0 Å². The van der Waals surface area contributed by atoms with Gasteiger partial charge in [0.05, 0.1) is 13.7 Å². The Kier molecular flexibility index (Phi) is 5.98. The van der Waals surface area contributed by atoms with Crippen molar-refractivity contribution < 1.29 is 4.74 Å². The third-order valence-corrected chi connectivity index (χ3v) is 0.648. The number of hydrogen-bond acceptors (Lipinski definition) is 1. The Morgan fingerprint density at radius 1 is 1.57 bits per heavy atom. The SMILES string of the molecule is [CH2]OCC=CCCl. The minimum atomic E-state index is 0.545. The van der Waals surface area contributed by atoms with Gasteiger partial charge in [0, 0.05) is 5.88 Å². The molecule has 0 rings (SSSR count). The average Bonchev–Trinajstić information content (AvgIpc) is 1.69. The molecule has 0 aromatic carbocycles. The predicted molar refractivity (Wildman–Crippen MR) is 31.2 cm³/mol. The van der Waals surface area contributed by atoms with Gasteiger partial charge >= 0.3 is 0 Å². The zero-order valence-corrected chi connectivity index (χ0v) is 4.82. The molecule has 0 bridgehead atoms. The van der Waals surface area contributed by atoms with Gasteiger partial charge in [-0.15, -0.1) is 11.6 Å². The summed E-state index contributed by atoms with van der Waals surface area (Å²) in [5.74, 6) is 0.545. The Morgan fingerprint density at radius 3 is 2.71 bits per heavy atom. The molecule has 0 amide bonds. The first-order chi connectivity index (χ1) is 3.41. The van der Waals surface area contributed by atoms with Gasteiger partial charge in [0.15, 0.2) is 0 Å². The predicted octanol–water partition coefficient (Wildman–Crippen LogP) is 1.59. The summed E-state index contributed by atoms with van der Waals surface area (Å²) < 4.78 is 4.45. The van der Waals surface area contributed by atoms with E-state index in [1.807, 2.05) is 12.2 Å². The molecular formula is C5H8ClO. The van der Waals surface area contributed by atoms with Crippen molar-refractivity contribution in [3.63, 3.8) is 0 Å². The summed E-state index contributed by atoms with van der Waals surface area (Å²) in [6.45, 7) is 0.548. The highest BCUT2D eigenvalue weighted by atomic mass is 35.5. The lowest BCUT2D eigenvalue weighted by atomic mass is 10.6. The first kappa shape index (κ1) is 6.99. The molecule has 0 aromatic rings. The molecule has 41 valence electrons. The summed E-state index contributed by atoms with van der Waals surface area (Å²) in [4.78, 5) is 0. The summed E-state index contributed by atoms with van der Waals surface area (Å²) in [5, 5.41) is 0. The fourth-order valence-electron chi connectivity index (χ4n) is 0.199. The van der Waals surface area contributed by atoms with E-state index in [4.69, 9.17) is 11.6 Å². The molecule has 0 N–H and O–H groups in total. The van der Waals surface area contributed by atoms with Crippen LogP contribution in [0.2, 0.25) is 0 Å². The van der Waals surface area contributed by atoms with Gasteiger partial charge in [0.2, 0.25) is 0 Å². The Labute approximate surface area is 48.9 Å². The Morgan fingerprint density at radius 2 is 2.29 bits per heavy atom. The Balaban J connectivity index is 2.78. The number of ether oxygens (including phenoxy) is 1. The first-order valence-corrected chi connectivity index (χ1v) is 2.53. The number of halogens is 1. The van der Waals surface area contributed by atoms with E-state index in [9.17, 15) is 0 Å². The Hall–Kier alpha value is -0.0100. The molecule has 2 heteroatoms. The van der Waals surface area contributed by atoms with E-state index in [1.165, 1.54) is 0 Å². The molecule has 0 aliphatic carbocycles. The molecule has 0 fully saturated rings. The molecule has 0 aromatic heterocycles. The van der Waals surface area contributed by atoms with Crippen LogP contribution in [0.4, 0.5) is 0 Å². The topological polar surface area (TPSA) is 9.23 Å². The molecule has 0 heterocycles. The second-order valence-electron chi connectivity index (χ2n) is 0.996. The lowest BCUT2D eigenvalue weighted by molar-refractivity contribution is 0.281. The van der Waals surface area contributed by atoms with Crippen LogP contribution in [0.1, 0.15) is 0 Å². The van der Waals surface area contributed by atoms with Crippen LogP contribution < -0.4 is 0 Å². The average molecular weight is 120 g/mol. The summed E-state index contributed by atoms with van der Waals surface area (Å²) in [6.07, 6.45) is 3.63. The number of alkyl halides is 1. The van der Waals surface area contributed by atoms with E-state index in [1.54, 1.807) is 0 Å². The number of allylic oxidation sites excluding steroid dienone is 1. The zero-order valence-electron chi connectivity index (χ0n) is 4.06. The van der Waals surface area contributed by atoms with Crippen molar-refractivity contribution >= 4 is 11.6 Å². The van der Waals surface area contributed by atoms with Gasteiger partial charge in [-0.1, -0.05) is 12.2 Å². The molecule has 7 heavy (non-hydrogen) atoms. The van der Waals surface area contributed by atoms with Crippen LogP contribution in [-0.4, -0.2) is 12.5 Å². The van der Waals surface area contributed by atoms with Crippen molar-refractivity contribution in [1.82, 2.24) is 0 Å². The highest BCUT2D eigenvalue weighted by Crippen LogP contribution is 1.77. The van der Waals surface area contributed by atoms with E-state index < -0.39 is 0 Å². The molecule has 0 saturated carbocycles. The van der Waals surface area contributed by atoms with E-state index in [0.717, 1.165) is 0 Å². The van der Waals surface area contributed by atoms with Gasteiger partial charge in [0.25, 0.3) is 0 Å². The van der Waals surface area contributed by atoms with Crippen molar-refractivity contribution in [1.29, 1.82) is 0 Å². The monoisotopic (exact) mass is 119 g/mol. The van der Waals surface area contributed by atoms with Crippen LogP contribution in [0.15, 0.2) is 12.2 Å². The van der Waals surface area contributed by atoms with Crippen LogP contribution in [0.25, 0.3) is 0 Å². The summed E-state index contributed by atoms with van der Waals surface area (Å²) in [5.41, 5.74) is 0. The van der Waals surface area contributed by atoms with Gasteiger partial charge in [-0.3, -0.25) is 0 Å². The minimum Gasteiger partial charge on any atom is -0.375 e. The smallest absolute Gasteiger partial charge is 0.0704 e. The zero-order chi connectivity index (χ0) is 5.54. The summed E-state index contributed by atoms with van der Waals surface area (Å²) >= 11 is 5.27. The van der Waals surface area contributed by atoms with Crippen LogP contribution in [0, 0.1) is 7.11 Å². The lowest BCUT2D eigenvalue weighted by Gasteiger charge is -1.82. The Bertz CT molecular complexity index is 52.0. The lowest BCUT2D eigenvalue weighted by Crippen LogP contribution is -1.76. The molecule has 0 spiro atoms. The molecule has 1 nitrogen and oxygen atoms in total. The standard InChI is InChI=1S/C5H8ClO/c1-7-5-3-2-4-6/h2-3H,1,4-5H2. The minimum absolute atomic E-state index is 0.545. The van der Waals surface area contributed by atoms with Crippen LogP contribution >= 0.6 is 11.6 Å². The molecule has 0 aliphatic heterocycles. The van der Waals surface area contributed by atoms with Gasteiger partial charge in [-0.2, -0.15) is 0 Å². The van der Waals surface area contributed by atoms with Gasteiger partial charge in [-0.05, 0) is 0 Å². The van der Waals surface area contributed by atoms with E-state index in [-0.39, 0.29) is 0 Å². The fraction of sp³-hybridized carbons (Fsp3) is 0.400. The summed E-state index contributed by atoms with van der Waals surface area (Å²) in [6, 6.07) is 0. The maximum absolute atomic E-state index is 5.27. The molecule has 0 aliphatic rings. The quantitative estimate of drug-likeness (QED) is 0.405. The number of rotatable bonds is 3. The molecular weight excluding hydrogens is 112 g/mol. The van der Waals surface area contributed by atoms with E-state index in [2.05, 4.69) is 11.8 Å². The third kappa shape index (κ3) is 5.99. The number of hydrogen-bond donors (Lipinski definition) is 0. The van der Waals surface area contributed by atoms with Crippen molar-refractivity contribution in [3.05, 3.63) is 19.3 Å². The second-order valence-corrected chi connectivity index (χ2v) is 1.31. The van der Waals surface area contributed by atoms with E-state index >= 15 is 0 Å². The van der Waals surface area contributed by atoms with Crippen molar-refractivity contribution in [2.24, 2.45) is 0 Å². The second kappa shape index (κ2) is 5.99. The molecule has 1 radical (unpaired) electrons.